The van der Waals surface area contributed by atoms with Gasteiger partial charge < -0.3 is 9.26 Å². The Morgan fingerprint density at radius 3 is 3.00 bits per heavy atom. The Morgan fingerprint density at radius 1 is 1.50 bits per heavy atom. The summed E-state index contributed by atoms with van der Waals surface area (Å²) < 4.78 is 10.5. The van der Waals surface area contributed by atoms with Gasteiger partial charge in [0, 0.05) is 10.0 Å². The highest BCUT2D eigenvalue weighted by molar-refractivity contribution is 9.10. The first-order valence-corrected chi connectivity index (χ1v) is 6.18. The molecule has 6 heteroatoms. The molecule has 0 spiro atoms. The molecule has 1 heterocycles. The predicted octanol–water partition coefficient (Wildman–Crippen LogP) is 2.98. The van der Waals surface area contributed by atoms with Crippen LogP contribution in [0.25, 0.3) is 11.4 Å². The van der Waals surface area contributed by atoms with Crippen LogP contribution in [-0.4, -0.2) is 22.7 Å². The zero-order valence-corrected chi connectivity index (χ0v) is 11.5. The fourth-order valence-electron chi connectivity index (χ4n) is 1.42. The molecule has 0 bridgehead atoms. The minimum Gasteiger partial charge on any atom is -0.459 e. The molecule has 0 amide bonds. The van der Waals surface area contributed by atoms with Crippen LogP contribution >= 0.6 is 15.9 Å². The molecule has 0 saturated heterocycles. The number of hydrogen-bond acceptors (Lipinski definition) is 5. The van der Waals surface area contributed by atoms with E-state index in [-0.39, 0.29) is 12.5 Å². The maximum atomic E-state index is 11.4. The average molecular weight is 311 g/mol. The summed E-state index contributed by atoms with van der Waals surface area (Å²) in [6.07, 6.45) is 0. The smallest absolute Gasteiger partial charge is 0.397 e. The number of ether oxygens (including phenoxy) is 1. The van der Waals surface area contributed by atoms with Crippen molar-refractivity contribution in [3.05, 3.63) is 34.1 Å². The molecule has 1 aromatic heterocycles. The van der Waals surface area contributed by atoms with E-state index < -0.39 is 5.97 Å². The monoisotopic (exact) mass is 310 g/mol. The molecule has 5 nitrogen and oxygen atoms in total. The van der Waals surface area contributed by atoms with Crippen molar-refractivity contribution in [3.8, 4) is 11.4 Å². The van der Waals surface area contributed by atoms with E-state index in [1.54, 1.807) is 6.92 Å². The number of aryl methyl sites for hydroxylation is 1. The Kier molecular flexibility index (Phi) is 3.76. The Labute approximate surface area is 112 Å². The van der Waals surface area contributed by atoms with E-state index in [1.807, 2.05) is 25.1 Å². The van der Waals surface area contributed by atoms with Gasteiger partial charge in [0.15, 0.2) is 0 Å². The third-order valence-electron chi connectivity index (χ3n) is 2.24. The highest BCUT2D eigenvalue weighted by atomic mass is 79.9. The summed E-state index contributed by atoms with van der Waals surface area (Å²) in [5, 5.41) is 3.77. The third kappa shape index (κ3) is 2.59. The van der Waals surface area contributed by atoms with E-state index in [4.69, 9.17) is 9.26 Å². The van der Waals surface area contributed by atoms with E-state index in [0.717, 1.165) is 15.6 Å². The van der Waals surface area contributed by atoms with Gasteiger partial charge in [0.25, 0.3) is 0 Å². The second-order valence-electron chi connectivity index (χ2n) is 3.63. The summed E-state index contributed by atoms with van der Waals surface area (Å²) in [6, 6.07) is 5.76. The van der Waals surface area contributed by atoms with Gasteiger partial charge in [0.05, 0.1) is 6.61 Å². The largest absolute Gasteiger partial charge is 0.459 e. The molecule has 1 aromatic carbocycles. The summed E-state index contributed by atoms with van der Waals surface area (Å²) in [4.78, 5) is 15.4. The third-order valence-corrected chi connectivity index (χ3v) is 2.93. The number of carbonyl (C=O) groups is 1. The van der Waals surface area contributed by atoms with Gasteiger partial charge in [-0.3, -0.25) is 0 Å². The number of rotatable bonds is 3. The highest BCUT2D eigenvalue weighted by Gasteiger charge is 2.18. The number of halogens is 1. The van der Waals surface area contributed by atoms with Crippen LogP contribution in [-0.2, 0) is 4.74 Å². The molecule has 0 saturated carbocycles. The summed E-state index contributed by atoms with van der Waals surface area (Å²) in [6.45, 7) is 3.94. The molecule has 2 aromatic rings. The van der Waals surface area contributed by atoms with Crippen molar-refractivity contribution in [2.45, 2.75) is 13.8 Å². The molecule has 0 fully saturated rings. The summed E-state index contributed by atoms with van der Waals surface area (Å²) in [7, 11) is 0. The summed E-state index contributed by atoms with van der Waals surface area (Å²) in [5.74, 6) is -0.395. The van der Waals surface area contributed by atoms with Crippen LogP contribution in [0.4, 0.5) is 0 Å². The lowest BCUT2D eigenvalue weighted by atomic mass is 10.1. The zero-order valence-electron chi connectivity index (χ0n) is 9.94. The minimum atomic E-state index is -0.611. The maximum Gasteiger partial charge on any atom is 0.397 e. The van der Waals surface area contributed by atoms with Gasteiger partial charge in [-0.05, 0) is 26.0 Å². The van der Waals surface area contributed by atoms with Gasteiger partial charge in [-0.25, -0.2) is 4.79 Å². The normalized spacial score (nSPS) is 10.4. The Morgan fingerprint density at radius 2 is 2.28 bits per heavy atom. The average Bonchev–Trinajstić information content (AvgIpc) is 2.82. The number of hydrogen-bond donors (Lipinski definition) is 0. The van der Waals surface area contributed by atoms with Gasteiger partial charge in [0.2, 0.25) is 5.82 Å². The quantitative estimate of drug-likeness (QED) is 0.815. The number of nitrogens with zero attached hydrogens (tertiary/aromatic N) is 2. The SMILES string of the molecule is CCOC(=O)c1nc(-c2cc(C)ccc2Br)no1. The molecule has 0 aliphatic rings. The summed E-state index contributed by atoms with van der Waals surface area (Å²) in [5.41, 5.74) is 1.84. The van der Waals surface area contributed by atoms with Crippen molar-refractivity contribution in [2.75, 3.05) is 6.61 Å². The minimum absolute atomic E-state index is 0.139. The predicted molar refractivity (Wildman–Crippen MR) is 68.1 cm³/mol. The van der Waals surface area contributed by atoms with E-state index in [1.165, 1.54) is 0 Å². The van der Waals surface area contributed by atoms with E-state index in [2.05, 4.69) is 26.1 Å². The molecule has 0 aliphatic carbocycles. The molecular formula is C12H11BrN2O3. The molecule has 2 rings (SSSR count). The Hall–Kier alpha value is -1.69. The van der Waals surface area contributed by atoms with Crippen molar-refractivity contribution in [1.29, 1.82) is 0 Å². The molecule has 0 radical (unpaired) electrons. The molecule has 0 unspecified atom stereocenters. The van der Waals surface area contributed by atoms with Crippen molar-refractivity contribution < 1.29 is 14.1 Å². The van der Waals surface area contributed by atoms with Gasteiger partial charge >= 0.3 is 11.9 Å². The fourth-order valence-corrected chi connectivity index (χ4v) is 1.84. The first-order valence-electron chi connectivity index (χ1n) is 5.39. The number of aromatic nitrogens is 2. The van der Waals surface area contributed by atoms with Crippen LogP contribution in [0.5, 0.6) is 0 Å². The number of benzene rings is 1. The Bertz CT molecular complexity index is 580. The topological polar surface area (TPSA) is 65.2 Å². The second kappa shape index (κ2) is 5.30. The van der Waals surface area contributed by atoms with Crippen molar-refractivity contribution in [1.82, 2.24) is 10.1 Å². The lowest BCUT2D eigenvalue weighted by molar-refractivity contribution is 0.0470. The maximum absolute atomic E-state index is 11.4. The van der Waals surface area contributed by atoms with E-state index in [9.17, 15) is 4.79 Å². The van der Waals surface area contributed by atoms with Crippen molar-refractivity contribution >= 4 is 21.9 Å². The van der Waals surface area contributed by atoms with Crippen LogP contribution in [0.3, 0.4) is 0 Å². The fraction of sp³-hybridized carbons (Fsp3) is 0.250. The first kappa shape index (κ1) is 12.8. The van der Waals surface area contributed by atoms with Crippen LogP contribution in [0.15, 0.2) is 27.2 Å². The first-order chi connectivity index (χ1) is 8.61. The molecule has 18 heavy (non-hydrogen) atoms. The Balaban J connectivity index is 2.35. The van der Waals surface area contributed by atoms with Crippen LogP contribution < -0.4 is 0 Å². The molecule has 0 N–H and O–H groups in total. The molecule has 0 aliphatic heterocycles. The van der Waals surface area contributed by atoms with Crippen LogP contribution in [0.1, 0.15) is 23.2 Å². The van der Waals surface area contributed by atoms with Gasteiger partial charge in [-0.1, -0.05) is 32.7 Å². The standard InChI is InChI=1S/C12H11BrN2O3/c1-3-17-12(16)11-14-10(15-18-11)8-6-7(2)4-5-9(8)13/h4-6H,3H2,1-2H3. The van der Waals surface area contributed by atoms with E-state index in [0.29, 0.717) is 5.82 Å². The number of carbonyl (C=O) groups excluding carboxylic acids is 1. The van der Waals surface area contributed by atoms with Crippen molar-refractivity contribution in [3.63, 3.8) is 0 Å². The molecule has 94 valence electrons. The van der Waals surface area contributed by atoms with Crippen LogP contribution in [0, 0.1) is 6.92 Å². The number of esters is 1. The van der Waals surface area contributed by atoms with Crippen molar-refractivity contribution in [2.24, 2.45) is 0 Å². The zero-order chi connectivity index (χ0) is 13.1. The van der Waals surface area contributed by atoms with Crippen LogP contribution in [0.2, 0.25) is 0 Å². The summed E-state index contributed by atoms with van der Waals surface area (Å²) >= 11 is 3.41. The second-order valence-corrected chi connectivity index (χ2v) is 4.48. The van der Waals surface area contributed by atoms with E-state index >= 15 is 0 Å². The molecular weight excluding hydrogens is 300 g/mol. The highest BCUT2D eigenvalue weighted by Crippen LogP contribution is 2.27. The van der Waals surface area contributed by atoms with Gasteiger partial charge in [-0.15, -0.1) is 0 Å². The van der Waals surface area contributed by atoms with Gasteiger partial charge in [-0.2, -0.15) is 4.98 Å². The van der Waals surface area contributed by atoms with Gasteiger partial charge in [0.1, 0.15) is 0 Å². The lowest BCUT2D eigenvalue weighted by Crippen LogP contribution is -2.04. The molecule has 0 atom stereocenters. The lowest BCUT2D eigenvalue weighted by Gasteiger charge is -2.00.